The molecule has 0 radical (unpaired) electrons. The molecule has 0 aliphatic carbocycles. The molecular formula is C12H17IN2O3. The highest BCUT2D eigenvalue weighted by Gasteiger charge is 2.15. The van der Waals surface area contributed by atoms with E-state index in [9.17, 15) is 4.79 Å². The lowest BCUT2D eigenvalue weighted by atomic mass is 10.2. The number of amides is 1. The Kier molecular flexibility index (Phi) is 5.64. The first kappa shape index (κ1) is 15.0. The maximum Gasteiger partial charge on any atom is 0.407 e. The molecule has 6 heteroatoms. The lowest BCUT2D eigenvalue weighted by Crippen LogP contribution is -2.34. The van der Waals surface area contributed by atoms with Crippen molar-refractivity contribution in [3.8, 4) is 5.75 Å². The van der Waals surface area contributed by atoms with Gasteiger partial charge in [0.05, 0.1) is 12.7 Å². The summed E-state index contributed by atoms with van der Waals surface area (Å²) in [7, 11) is 0. The van der Waals surface area contributed by atoms with Crippen molar-refractivity contribution >= 4 is 28.7 Å². The third kappa shape index (κ3) is 6.63. The second-order valence-corrected chi connectivity index (χ2v) is 5.86. The summed E-state index contributed by atoms with van der Waals surface area (Å²) in [4.78, 5) is 15.3. The minimum Gasteiger partial charge on any atom is -0.490 e. The number of halogens is 1. The van der Waals surface area contributed by atoms with E-state index in [1.807, 2.05) is 26.8 Å². The van der Waals surface area contributed by atoms with Crippen LogP contribution in [0.25, 0.3) is 0 Å². The third-order valence-electron chi connectivity index (χ3n) is 1.72. The molecule has 0 saturated heterocycles. The Morgan fingerprint density at radius 3 is 2.78 bits per heavy atom. The Morgan fingerprint density at radius 1 is 1.44 bits per heavy atom. The van der Waals surface area contributed by atoms with Gasteiger partial charge in [-0.05, 0) is 49.4 Å². The summed E-state index contributed by atoms with van der Waals surface area (Å²) in [6.45, 7) is 6.23. The molecule has 0 unspecified atom stereocenters. The first-order valence-corrected chi connectivity index (χ1v) is 6.65. The van der Waals surface area contributed by atoms with Gasteiger partial charge in [0.15, 0.2) is 0 Å². The second kappa shape index (κ2) is 6.77. The third-order valence-corrected chi connectivity index (χ3v) is 2.31. The van der Waals surface area contributed by atoms with E-state index >= 15 is 0 Å². The van der Waals surface area contributed by atoms with Crippen LogP contribution in [-0.4, -0.2) is 29.8 Å². The fourth-order valence-electron chi connectivity index (χ4n) is 1.11. The van der Waals surface area contributed by atoms with Crippen LogP contribution >= 0.6 is 22.6 Å². The van der Waals surface area contributed by atoms with Crippen molar-refractivity contribution in [3.63, 3.8) is 0 Å². The molecule has 1 amide bonds. The molecule has 0 aliphatic heterocycles. The van der Waals surface area contributed by atoms with E-state index in [2.05, 4.69) is 32.9 Å². The number of aromatic nitrogens is 1. The Hall–Kier alpha value is -1.05. The summed E-state index contributed by atoms with van der Waals surface area (Å²) in [5.41, 5.74) is -0.482. The van der Waals surface area contributed by atoms with E-state index in [4.69, 9.17) is 9.47 Å². The molecule has 1 rings (SSSR count). The predicted octanol–water partition coefficient (Wildman–Crippen LogP) is 2.59. The fourth-order valence-corrected chi connectivity index (χ4v) is 1.58. The van der Waals surface area contributed by atoms with Crippen LogP contribution in [0.5, 0.6) is 5.75 Å². The SMILES string of the molecule is CC(C)(C)OC(=O)NCCOc1cncc(I)c1. The Labute approximate surface area is 120 Å². The highest BCUT2D eigenvalue weighted by atomic mass is 127. The van der Waals surface area contributed by atoms with Gasteiger partial charge in [-0.3, -0.25) is 4.98 Å². The van der Waals surface area contributed by atoms with Crippen molar-refractivity contribution in [3.05, 3.63) is 22.0 Å². The molecule has 18 heavy (non-hydrogen) atoms. The number of carbonyl (C=O) groups excluding carboxylic acids is 1. The minimum atomic E-state index is -0.482. The van der Waals surface area contributed by atoms with Crippen LogP contribution in [0.2, 0.25) is 0 Å². The van der Waals surface area contributed by atoms with Crippen LogP contribution in [-0.2, 0) is 4.74 Å². The van der Waals surface area contributed by atoms with Crippen molar-refractivity contribution in [1.82, 2.24) is 10.3 Å². The highest BCUT2D eigenvalue weighted by molar-refractivity contribution is 14.1. The molecule has 0 aromatic carbocycles. The molecule has 1 aromatic rings. The number of nitrogens with one attached hydrogen (secondary N) is 1. The van der Waals surface area contributed by atoms with Gasteiger partial charge in [0.1, 0.15) is 18.0 Å². The number of nitrogens with zero attached hydrogens (tertiary/aromatic N) is 1. The number of rotatable bonds is 4. The average molecular weight is 364 g/mol. The minimum absolute atomic E-state index is 0.376. The van der Waals surface area contributed by atoms with E-state index in [1.54, 1.807) is 12.4 Å². The summed E-state index contributed by atoms with van der Waals surface area (Å²) in [6.07, 6.45) is 2.94. The van der Waals surface area contributed by atoms with Gasteiger partial charge in [0.2, 0.25) is 0 Å². The van der Waals surface area contributed by atoms with Crippen molar-refractivity contribution in [2.75, 3.05) is 13.2 Å². The second-order valence-electron chi connectivity index (χ2n) is 4.62. The van der Waals surface area contributed by atoms with Crippen LogP contribution in [0.1, 0.15) is 20.8 Å². The van der Waals surface area contributed by atoms with E-state index in [1.165, 1.54) is 0 Å². The summed E-state index contributed by atoms with van der Waals surface area (Å²) in [5, 5.41) is 2.62. The first-order chi connectivity index (χ1) is 8.37. The summed E-state index contributed by atoms with van der Waals surface area (Å²) < 4.78 is 11.5. The highest BCUT2D eigenvalue weighted by Crippen LogP contribution is 2.12. The first-order valence-electron chi connectivity index (χ1n) is 5.57. The summed E-state index contributed by atoms with van der Waals surface area (Å²) in [6, 6.07) is 1.88. The van der Waals surface area contributed by atoms with Gasteiger partial charge in [-0.15, -0.1) is 0 Å². The molecule has 0 saturated carbocycles. The van der Waals surface area contributed by atoms with Crippen molar-refractivity contribution < 1.29 is 14.3 Å². The van der Waals surface area contributed by atoms with E-state index in [0.29, 0.717) is 18.9 Å². The molecule has 1 N–H and O–H groups in total. The number of hydrogen-bond donors (Lipinski definition) is 1. The van der Waals surface area contributed by atoms with E-state index in [0.717, 1.165) is 3.57 Å². The van der Waals surface area contributed by atoms with Gasteiger partial charge >= 0.3 is 6.09 Å². The molecule has 100 valence electrons. The summed E-state index contributed by atoms with van der Waals surface area (Å²) in [5.74, 6) is 0.688. The van der Waals surface area contributed by atoms with Gasteiger partial charge in [0, 0.05) is 9.77 Å². The maximum absolute atomic E-state index is 11.3. The predicted molar refractivity (Wildman–Crippen MR) is 76.7 cm³/mol. The fraction of sp³-hybridized carbons (Fsp3) is 0.500. The maximum atomic E-state index is 11.3. The lowest BCUT2D eigenvalue weighted by Gasteiger charge is -2.19. The molecule has 1 heterocycles. The van der Waals surface area contributed by atoms with Crippen molar-refractivity contribution in [1.29, 1.82) is 0 Å². The summed E-state index contributed by atoms with van der Waals surface area (Å²) >= 11 is 2.16. The molecule has 0 atom stereocenters. The van der Waals surface area contributed by atoms with Crippen LogP contribution in [0.3, 0.4) is 0 Å². The van der Waals surface area contributed by atoms with Gasteiger partial charge < -0.3 is 14.8 Å². The van der Waals surface area contributed by atoms with Crippen LogP contribution in [0, 0.1) is 3.57 Å². The standard InChI is InChI=1S/C12H17IN2O3/c1-12(2,3)18-11(16)15-4-5-17-10-6-9(13)7-14-8-10/h6-8H,4-5H2,1-3H3,(H,15,16). The van der Waals surface area contributed by atoms with Crippen molar-refractivity contribution in [2.24, 2.45) is 0 Å². The largest absolute Gasteiger partial charge is 0.490 e. The molecule has 0 spiro atoms. The zero-order chi connectivity index (χ0) is 13.6. The number of ether oxygens (including phenoxy) is 2. The molecule has 0 aliphatic rings. The van der Waals surface area contributed by atoms with Crippen LogP contribution in [0.15, 0.2) is 18.5 Å². The van der Waals surface area contributed by atoms with Gasteiger partial charge in [-0.2, -0.15) is 0 Å². The molecule has 0 bridgehead atoms. The van der Waals surface area contributed by atoms with Gasteiger partial charge in [-0.25, -0.2) is 4.79 Å². The van der Waals surface area contributed by atoms with Gasteiger partial charge in [-0.1, -0.05) is 0 Å². The topological polar surface area (TPSA) is 60.5 Å². The monoisotopic (exact) mass is 364 g/mol. The number of carbonyl (C=O) groups is 1. The number of pyridine rings is 1. The molecule has 1 aromatic heterocycles. The smallest absolute Gasteiger partial charge is 0.407 e. The number of alkyl carbamates (subject to hydrolysis) is 1. The van der Waals surface area contributed by atoms with Gasteiger partial charge in [0.25, 0.3) is 0 Å². The zero-order valence-electron chi connectivity index (χ0n) is 10.7. The van der Waals surface area contributed by atoms with Crippen LogP contribution < -0.4 is 10.1 Å². The average Bonchev–Trinajstić information content (AvgIpc) is 2.22. The Balaban J connectivity index is 2.21. The normalized spacial score (nSPS) is 10.9. The van der Waals surface area contributed by atoms with Crippen molar-refractivity contribution in [2.45, 2.75) is 26.4 Å². The van der Waals surface area contributed by atoms with Crippen LogP contribution in [0.4, 0.5) is 4.79 Å². The number of hydrogen-bond acceptors (Lipinski definition) is 4. The Bertz CT molecular complexity index is 405. The Morgan fingerprint density at radius 2 is 2.17 bits per heavy atom. The van der Waals surface area contributed by atoms with E-state index in [-0.39, 0.29) is 0 Å². The molecule has 5 nitrogen and oxygen atoms in total. The van der Waals surface area contributed by atoms with E-state index < -0.39 is 11.7 Å². The quantitative estimate of drug-likeness (QED) is 0.659. The lowest BCUT2D eigenvalue weighted by molar-refractivity contribution is 0.0520. The molecular weight excluding hydrogens is 347 g/mol. The molecule has 0 fully saturated rings. The zero-order valence-corrected chi connectivity index (χ0v) is 12.9.